The van der Waals surface area contributed by atoms with E-state index < -0.39 is 5.63 Å². The fourth-order valence-corrected chi connectivity index (χ4v) is 2.85. The van der Waals surface area contributed by atoms with E-state index in [0.717, 1.165) is 0 Å². The van der Waals surface area contributed by atoms with Crippen molar-refractivity contribution in [2.24, 2.45) is 0 Å². The van der Waals surface area contributed by atoms with Crippen molar-refractivity contribution in [3.05, 3.63) is 64.0 Å². The molecule has 7 heteroatoms. The molecule has 3 rings (SSSR count). The van der Waals surface area contributed by atoms with Crippen LogP contribution in [0, 0.1) is 11.8 Å². The second-order valence-electron chi connectivity index (χ2n) is 6.05. The topological polar surface area (TPSA) is 87.4 Å². The minimum atomic E-state index is -0.522. The second-order valence-corrected chi connectivity index (χ2v) is 6.05. The van der Waals surface area contributed by atoms with Gasteiger partial charge in [-0.3, -0.25) is 0 Å². The van der Waals surface area contributed by atoms with Crippen LogP contribution >= 0.6 is 0 Å². The summed E-state index contributed by atoms with van der Waals surface area (Å²) >= 11 is 0. The third-order valence-electron chi connectivity index (χ3n) is 4.28. The monoisotopic (exact) mass is 408 g/mol. The molecule has 0 aliphatic rings. The van der Waals surface area contributed by atoms with E-state index in [-0.39, 0.29) is 11.5 Å². The quantitative estimate of drug-likeness (QED) is 0.647. The Morgan fingerprint density at radius 3 is 2.03 bits per heavy atom. The molecule has 2 aromatic carbocycles. The highest BCUT2D eigenvalue weighted by molar-refractivity contribution is 5.72. The van der Waals surface area contributed by atoms with Gasteiger partial charge in [-0.1, -0.05) is 11.8 Å². The van der Waals surface area contributed by atoms with Gasteiger partial charge in [-0.05, 0) is 36.4 Å². The molecule has 0 aliphatic heterocycles. The Labute approximate surface area is 173 Å². The summed E-state index contributed by atoms with van der Waals surface area (Å²) in [5.74, 6) is 7.76. The van der Waals surface area contributed by atoms with E-state index in [4.69, 9.17) is 23.4 Å². The lowest BCUT2D eigenvalue weighted by Gasteiger charge is -2.14. The summed E-state index contributed by atoms with van der Waals surface area (Å²) in [6.45, 7) is 0. The summed E-state index contributed by atoms with van der Waals surface area (Å²) < 4.78 is 26.6. The van der Waals surface area contributed by atoms with Gasteiger partial charge in [-0.2, -0.15) is 0 Å². The first-order valence-corrected chi connectivity index (χ1v) is 8.84. The molecule has 0 fully saturated rings. The van der Waals surface area contributed by atoms with Crippen LogP contribution in [0.3, 0.4) is 0 Å². The minimum Gasteiger partial charge on any atom is -0.504 e. The SMILES string of the molecule is COc1ccc(C#Cc2ccc(=O)oc2-c2cc(OC)c(OC)c(OC)c2)cc1O. The zero-order valence-corrected chi connectivity index (χ0v) is 16.9. The number of hydrogen-bond donors (Lipinski definition) is 1. The van der Waals surface area contributed by atoms with Gasteiger partial charge in [0.25, 0.3) is 0 Å². The number of ether oxygens (including phenoxy) is 4. The molecule has 3 aromatic rings. The van der Waals surface area contributed by atoms with Gasteiger partial charge in [0.1, 0.15) is 0 Å². The molecule has 0 amide bonds. The zero-order valence-electron chi connectivity index (χ0n) is 16.9. The highest BCUT2D eigenvalue weighted by atomic mass is 16.5. The number of phenols is 1. The molecule has 30 heavy (non-hydrogen) atoms. The smallest absolute Gasteiger partial charge is 0.336 e. The maximum absolute atomic E-state index is 11.9. The van der Waals surface area contributed by atoms with Crippen molar-refractivity contribution >= 4 is 0 Å². The number of rotatable bonds is 5. The first-order chi connectivity index (χ1) is 14.5. The molecule has 0 radical (unpaired) electrons. The Kier molecular flexibility index (Phi) is 6.18. The van der Waals surface area contributed by atoms with Crippen molar-refractivity contribution in [1.82, 2.24) is 0 Å². The molecule has 0 bridgehead atoms. The summed E-state index contributed by atoms with van der Waals surface area (Å²) in [6.07, 6.45) is 0. The van der Waals surface area contributed by atoms with Crippen LogP contribution in [0.5, 0.6) is 28.7 Å². The van der Waals surface area contributed by atoms with E-state index in [1.807, 2.05) is 0 Å². The van der Waals surface area contributed by atoms with Gasteiger partial charge in [0.05, 0.1) is 34.0 Å². The predicted octanol–water partition coefficient (Wildman–Crippen LogP) is 3.45. The van der Waals surface area contributed by atoms with Gasteiger partial charge in [0.2, 0.25) is 5.75 Å². The van der Waals surface area contributed by atoms with Crippen molar-refractivity contribution < 1.29 is 28.5 Å². The number of methoxy groups -OCH3 is 4. The number of phenolic OH excluding ortho intramolecular Hbond substituents is 1. The fourth-order valence-electron chi connectivity index (χ4n) is 2.85. The minimum absolute atomic E-state index is 0.0197. The van der Waals surface area contributed by atoms with Crippen molar-refractivity contribution in [2.45, 2.75) is 0 Å². The van der Waals surface area contributed by atoms with Gasteiger partial charge >= 0.3 is 5.63 Å². The van der Waals surface area contributed by atoms with Crippen LogP contribution in [-0.2, 0) is 0 Å². The molecule has 0 unspecified atom stereocenters. The second kappa shape index (κ2) is 8.97. The molecule has 7 nitrogen and oxygen atoms in total. The van der Waals surface area contributed by atoms with E-state index in [2.05, 4.69) is 11.8 Å². The van der Waals surface area contributed by atoms with Crippen LogP contribution < -0.4 is 24.6 Å². The zero-order chi connectivity index (χ0) is 21.7. The largest absolute Gasteiger partial charge is 0.504 e. The molecule has 1 heterocycles. The molecular weight excluding hydrogens is 388 g/mol. The van der Waals surface area contributed by atoms with E-state index in [0.29, 0.717) is 39.7 Å². The van der Waals surface area contributed by atoms with Crippen LogP contribution in [0.15, 0.2) is 51.7 Å². The Balaban J connectivity index is 2.12. The molecule has 0 saturated carbocycles. The first kappa shape index (κ1) is 20.7. The number of benzene rings is 2. The normalized spacial score (nSPS) is 10.0. The Hall–Kier alpha value is -4.05. The van der Waals surface area contributed by atoms with Crippen molar-refractivity contribution in [1.29, 1.82) is 0 Å². The maximum atomic E-state index is 11.9. The summed E-state index contributed by atoms with van der Waals surface area (Å²) in [6, 6.07) is 11.0. The summed E-state index contributed by atoms with van der Waals surface area (Å²) in [5.41, 5.74) is 1.05. The van der Waals surface area contributed by atoms with Crippen LogP contribution in [-0.4, -0.2) is 33.5 Å². The number of aromatic hydroxyl groups is 1. The average molecular weight is 408 g/mol. The average Bonchev–Trinajstić information content (AvgIpc) is 2.77. The predicted molar refractivity (Wildman–Crippen MR) is 111 cm³/mol. The summed E-state index contributed by atoms with van der Waals surface area (Å²) in [5, 5.41) is 9.93. The van der Waals surface area contributed by atoms with E-state index in [1.54, 1.807) is 30.3 Å². The third kappa shape index (κ3) is 4.18. The lowest BCUT2D eigenvalue weighted by atomic mass is 10.1. The van der Waals surface area contributed by atoms with Crippen LogP contribution in [0.2, 0.25) is 0 Å². The molecule has 0 aliphatic carbocycles. The maximum Gasteiger partial charge on any atom is 0.336 e. The summed E-state index contributed by atoms with van der Waals surface area (Å²) in [4.78, 5) is 11.9. The van der Waals surface area contributed by atoms with Crippen molar-refractivity contribution in [2.75, 3.05) is 28.4 Å². The summed E-state index contributed by atoms with van der Waals surface area (Å²) in [7, 11) is 5.97. The van der Waals surface area contributed by atoms with Crippen LogP contribution in [0.25, 0.3) is 11.3 Å². The van der Waals surface area contributed by atoms with Crippen molar-refractivity contribution in [3.8, 4) is 51.9 Å². The van der Waals surface area contributed by atoms with Gasteiger partial charge < -0.3 is 28.5 Å². The molecule has 1 N–H and O–H groups in total. The van der Waals surface area contributed by atoms with Gasteiger partial charge in [-0.25, -0.2) is 4.79 Å². The van der Waals surface area contributed by atoms with E-state index >= 15 is 0 Å². The van der Waals surface area contributed by atoms with Crippen LogP contribution in [0.1, 0.15) is 11.1 Å². The van der Waals surface area contributed by atoms with Gasteiger partial charge in [-0.15, -0.1) is 0 Å². The van der Waals surface area contributed by atoms with E-state index in [9.17, 15) is 9.90 Å². The highest BCUT2D eigenvalue weighted by Crippen LogP contribution is 2.41. The molecule has 0 spiro atoms. The van der Waals surface area contributed by atoms with Gasteiger partial charge in [0, 0.05) is 17.2 Å². The first-order valence-electron chi connectivity index (χ1n) is 8.84. The number of hydrogen-bond acceptors (Lipinski definition) is 7. The Morgan fingerprint density at radius 2 is 1.47 bits per heavy atom. The molecule has 154 valence electrons. The van der Waals surface area contributed by atoms with Gasteiger partial charge in [0.15, 0.2) is 28.8 Å². The standard InChI is InChI=1S/C23H20O7/c1-26-18-9-6-14(11-17(18)24)5-7-15-8-10-21(25)30-22(15)16-12-19(27-2)23(29-4)20(13-16)28-3/h6,8-13,24H,1-4H3. The molecule has 0 saturated heterocycles. The fraction of sp³-hybridized carbons (Fsp3) is 0.174. The molecule has 0 atom stereocenters. The Morgan fingerprint density at radius 1 is 0.800 bits per heavy atom. The lowest BCUT2D eigenvalue weighted by molar-refractivity contribution is 0.324. The van der Waals surface area contributed by atoms with Crippen molar-refractivity contribution in [3.63, 3.8) is 0 Å². The highest BCUT2D eigenvalue weighted by Gasteiger charge is 2.17. The molecule has 1 aromatic heterocycles. The Bertz CT molecular complexity index is 1160. The van der Waals surface area contributed by atoms with Crippen LogP contribution in [0.4, 0.5) is 0 Å². The lowest BCUT2D eigenvalue weighted by Crippen LogP contribution is -2.00. The molecular formula is C23H20O7. The third-order valence-corrected chi connectivity index (χ3v) is 4.28. The van der Waals surface area contributed by atoms with E-state index in [1.165, 1.54) is 40.6 Å².